The Morgan fingerprint density at radius 2 is 2.17 bits per heavy atom. The highest BCUT2D eigenvalue weighted by atomic mass is 79.9. The van der Waals surface area contributed by atoms with Crippen LogP contribution < -0.4 is 4.90 Å². The van der Waals surface area contributed by atoms with Gasteiger partial charge in [-0.1, -0.05) is 6.07 Å². The minimum atomic E-state index is 0.794. The molecule has 0 saturated carbocycles. The van der Waals surface area contributed by atoms with E-state index in [0.717, 1.165) is 28.9 Å². The van der Waals surface area contributed by atoms with Crippen molar-refractivity contribution < 1.29 is 0 Å². The molecule has 0 bridgehead atoms. The summed E-state index contributed by atoms with van der Waals surface area (Å²) in [6.45, 7) is 3.57. The highest BCUT2D eigenvalue weighted by molar-refractivity contribution is 9.10. The predicted octanol–water partition coefficient (Wildman–Crippen LogP) is 2.76. The van der Waals surface area contributed by atoms with Gasteiger partial charge in [0, 0.05) is 19.1 Å². The molecular formula is C14H20BrN3. The van der Waals surface area contributed by atoms with Gasteiger partial charge in [-0.3, -0.25) is 0 Å². The molecule has 0 spiro atoms. The van der Waals surface area contributed by atoms with Crippen LogP contribution in [0.2, 0.25) is 0 Å². The van der Waals surface area contributed by atoms with E-state index in [-0.39, 0.29) is 0 Å². The number of hydrogen-bond donors (Lipinski definition) is 0. The maximum Gasteiger partial charge on any atom is 0.129 e. The molecule has 2 aliphatic rings. The second kappa shape index (κ2) is 5.17. The molecule has 98 valence electrons. The van der Waals surface area contributed by atoms with Crippen LogP contribution in [0.5, 0.6) is 0 Å². The largest absolute Gasteiger partial charge is 0.356 e. The molecule has 18 heavy (non-hydrogen) atoms. The van der Waals surface area contributed by atoms with Crippen molar-refractivity contribution in [2.24, 2.45) is 5.92 Å². The molecule has 0 radical (unpaired) electrons. The van der Waals surface area contributed by atoms with Gasteiger partial charge < -0.3 is 9.80 Å². The SMILES string of the molecule is CN1CCCC2CN(c3cccc(Br)n3)CCC21. The smallest absolute Gasteiger partial charge is 0.129 e. The summed E-state index contributed by atoms with van der Waals surface area (Å²) in [6.07, 6.45) is 3.99. The van der Waals surface area contributed by atoms with Crippen molar-refractivity contribution in [2.75, 3.05) is 31.6 Å². The van der Waals surface area contributed by atoms with Crippen LogP contribution in [0.25, 0.3) is 0 Å². The number of anilines is 1. The van der Waals surface area contributed by atoms with Gasteiger partial charge in [0.05, 0.1) is 0 Å². The van der Waals surface area contributed by atoms with E-state index in [9.17, 15) is 0 Å². The zero-order valence-corrected chi connectivity index (χ0v) is 12.4. The van der Waals surface area contributed by atoms with Gasteiger partial charge in [-0.05, 0) is 66.8 Å². The topological polar surface area (TPSA) is 19.4 Å². The summed E-state index contributed by atoms with van der Waals surface area (Å²) in [5.41, 5.74) is 0. The van der Waals surface area contributed by atoms with E-state index < -0.39 is 0 Å². The van der Waals surface area contributed by atoms with E-state index in [0.29, 0.717) is 0 Å². The van der Waals surface area contributed by atoms with Gasteiger partial charge in [0.25, 0.3) is 0 Å². The summed E-state index contributed by atoms with van der Waals surface area (Å²) < 4.78 is 0.933. The number of rotatable bonds is 1. The number of piperidine rings is 2. The highest BCUT2D eigenvalue weighted by Gasteiger charge is 2.34. The van der Waals surface area contributed by atoms with Crippen LogP contribution in [0, 0.1) is 5.92 Å². The van der Waals surface area contributed by atoms with E-state index in [1.807, 2.05) is 6.07 Å². The van der Waals surface area contributed by atoms with Gasteiger partial charge in [0.1, 0.15) is 10.4 Å². The number of aromatic nitrogens is 1. The minimum absolute atomic E-state index is 0.794. The van der Waals surface area contributed by atoms with Gasteiger partial charge in [-0.25, -0.2) is 4.98 Å². The van der Waals surface area contributed by atoms with Crippen LogP contribution in [0.15, 0.2) is 22.8 Å². The molecule has 3 heterocycles. The third kappa shape index (κ3) is 2.41. The van der Waals surface area contributed by atoms with Crippen molar-refractivity contribution in [3.63, 3.8) is 0 Å². The number of nitrogens with zero attached hydrogens (tertiary/aromatic N) is 3. The van der Waals surface area contributed by atoms with Gasteiger partial charge >= 0.3 is 0 Å². The van der Waals surface area contributed by atoms with Gasteiger partial charge in [-0.2, -0.15) is 0 Å². The van der Waals surface area contributed by atoms with E-state index in [1.54, 1.807) is 0 Å². The third-order valence-electron chi connectivity index (χ3n) is 4.37. The quantitative estimate of drug-likeness (QED) is 0.744. The molecule has 0 aromatic carbocycles. The fraction of sp³-hybridized carbons (Fsp3) is 0.643. The Hall–Kier alpha value is -0.610. The van der Waals surface area contributed by atoms with E-state index in [4.69, 9.17) is 0 Å². The Balaban J connectivity index is 1.74. The zero-order chi connectivity index (χ0) is 12.5. The number of halogens is 1. The van der Waals surface area contributed by atoms with E-state index in [1.165, 1.54) is 32.4 Å². The van der Waals surface area contributed by atoms with Crippen LogP contribution in [0.3, 0.4) is 0 Å². The molecular weight excluding hydrogens is 290 g/mol. The van der Waals surface area contributed by atoms with Crippen LogP contribution >= 0.6 is 15.9 Å². The maximum atomic E-state index is 4.58. The van der Waals surface area contributed by atoms with Crippen LogP contribution in [0.4, 0.5) is 5.82 Å². The van der Waals surface area contributed by atoms with Crippen LogP contribution in [-0.4, -0.2) is 42.6 Å². The average molecular weight is 310 g/mol. The molecule has 0 aliphatic carbocycles. The normalized spacial score (nSPS) is 29.1. The lowest BCUT2D eigenvalue weighted by molar-refractivity contribution is 0.102. The first-order valence-electron chi connectivity index (χ1n) is 6.82. The summed E-state index contributed by atoms with van der Waals surface area (Å²) in [4.78, 5) is 9.59. The lowest BCUT2D eigenvalue weighted by Crippen LogP contribution is -2.52. The second-order valence-corrected chi connectivity index (χ2v) is 6.32. The van der Waals surface area contributed by atoms with Gasteiger partial charge in [0.2, 0.25) is 0 Å². The van der Waals surface area contributed by atoms with Crippen molar-refractivity contribution in [2.45, 2.75) is 25.3 Å². The lowest BCUT2D eigenvalue weighted by atomic mass is 9.84. The van der Waals surface area contributed by atoms with E-state index in [2.05, 4.69) is 49.9 Å². The first-order chi connectivity index (χ1) is 8.74. The fourth-order valence-corrected chi connectivity index (χ4v) is 3.77. The van der Waals surface area contributed by atoms with Crippen molar-refractivity contribution in [3.8, 4) is 0 Å². The summed E-state index contributed by atoms with van der Waals surface area (Å²) >= 11 is 3.46. The number of hydrogen-bond acceptors (Lipinski definition) is 3. The van der Waals surface area contributed by atoms with Gasteiger partial charge in [0.15, 0.2) is 0 Å². The lowest BCUT2D eigenvalue weighted by Gasteiger charge is -2.46. The Bertz CT molecular complexity index is 423. The van der Waals surface area contributed by atoms with E-state index >= 15 is 0 Å². The number of pyridine rings is 1. The molecule has 1 aromatic rings. The molecule has 2 atom stereocenters. The highest BCUT2D eigenvalue weighted by Crippen LogP contribution is 2.31. The molecule has 4 heteroatoms. The number of likely N-dealkylation sites (tertiary alicyclic amines) is 1. The van der Waals surface area contributed by atoms with Crippen molar-refractivity contribution in [1.82, 2.24) is 9.88 Å². The average Bonchev–Trinajstić information content (AvgIpc) is 2.39. The Morgan fingerprint density at radius 1 is 1.28 bits per heavy atom. The summed E-state index contributed by atoms with van der Waals surface area (Å²) in [5, 5.41) is 0. The third-order valence-corrected chi connectivity index (χ3v) is 4.81. The Morgan fingerprint density at radius 3 is 3.00 bits per heavy atom. The Labute approximate surface area is 117 Å². The Kier molecular flexibility index (Phi) is 3.57. The molecule has 0 N–H and O–H groups in total. The molecule has 1 aromatic heterocycles. The summed E-state index contributed by atoms with van der Waals surface area (Å²) in [5.74, 6) is 1.94. The summed E-state index contributed by atoms with van der Waals surface area (Å²) in [6, 6.07) is 6.98. The first kappa shape index (κ1) is 12.4. The maximum absolute atomic E-state index is 4.58. The van der Waals surface area contributed by atoms with Crippen LogP contribution in [0.1, 0.15) is 19.3 Å². The predicted molar refractivity (Wildman–Crippen MR) is 77.9 cm³/mol. The van der Waals surface area contributed by atoms with Crippen LogP contribution in [-0.2, 0) is 0 Å². The molecule has 2 unspecified atom stereocenters. The molecule has 2 saturated heterocycles. The minimum Gasteiger partial charge on any atom is -0.356 e. The molecule has 0 amide bonds. The van der Waals surface area contributed by atoms with Crippen molar-refractivity contribution >= 4 is 21.7 Å². The van der Waals surface area contributed by atoms with Crippen molar-refractivity contribution in [3.05, 3.63) is 22.8 Å². The molecule has 3 nitrogen and oxygen atoms in total. The molecule has 2 aliphatic heterocycles. The standard InChI is InChI=1S/C14H20BrN3/c1-17-8-3-4-11-10-18(9-7-12(11)17)14-6-2-5-13(15)16-14/h2,5-6,11-12H,3-4,7-10H2,1H3. The number of fused-ring (bicyclic) bond motifs is 1. The van der Waals surface area contributed by atoms with Gasteiger partial charge in [-0.15, -0.1) is 0 Å². The molecule has 2 fully saturated rings. The second-order valence-electron chi connectivity index (χ2n) is 5.50. The monoisotopic (exact) mass is 309 g/mol. The van der Waals surface area contributed by atoms with Crippen molar-refractivity contribution in [1.29, 1.82) is 0 Å². The summed E-state index contributed by atoms with van der Waals surface area (Å²) in [7, 11) is 2.28. The first-order valence-corrected chi connectivity index (χ1v) is 7.61. The fourth-order valence-electron chi connectivity index (χ4n) is 3.43. The molecule has 3 rings (SSSR count). The zero-order valence-electron chi connectivity index (χ0n) is 10.8.